The summed E-state index contributed by atoms with van der Waals surface area (Å²) in [5.74, 6) is -3.46. The molecule has 2 heterocycles. The number of pyridine rings is 1. The Morgan fingerprint density at radius 2 is 1.86 bits per heavy atom. The Morgan fingerprint density at radius 1 is 1.08 bits per heavy atom. The molecule has 3 amide bonds. The lowest BCUT2D eigenvalue weighted by atomic mass is 10.1. The normalized spacial score (nSPS) is 11.6. The zero-order valence-electron chi connectivity index (χ0n) is 19.3. The van der Waals surface area contributed by atoms with Gasteiger partial charge in [0, 0.05) is 19.0 Å². The second-order valence-corrected chi connectivity index (χ2v) is 7.70. The maximum absolute atomic E-state index is 14.2. The summed E-state index contributed by atoms with van der Waals surface area (Å²) in [7, 11) is 1.49. The summed E-state index contributed by atoms with van der Waals surface area (Å²) < 4.78 is 24.6. The van der Waals surface area contributed by atoms with E-state index >= 15 is 0 Å². The fourth-order valence-electron chi connectivity index (χ4n) is 3.62. The van der Waals surface area contributed by atoms with Gasteiger partial charge in [-0.15, -0.1) is 0 Å². The van der Waals surface area contributed by atoms with Gasteiger partial charge in [-0.25, -0.2) is 4.39 Å². The molecule has 0 aliphatic heterocycles. The minimum atomic E-state index is -1.36. The average molecular weight is 490 g/mol. The van der Waals surface area contributed by atoms with Crippen LogP contribution in [-0.4, -0.2) is 43.0 Å². The predicted molar refractivity (Wildman–Crippen MR) is 131 cm³/mol. The number of anilines is 2. The van der Waals surface area contributed by atoms with Crippen LogP contribution in [0.15, 0.2) is 83.6 Å². The van der Waals surface area contributed by atoms with Crippen LogP contribution >= 0.6 is 0 Å². The molecule has 0 saturated carbocycles. The van der Waals surface area contributed by atoms with Crippen molar-refractivity contribution in [2.24, 2.45) is 0 Å². The van der Waals surface area contributed by atoms with Crippen LogP contribution in [0.1, 0.15) is 11.8 Å². The van der Waals surface area contributed by atoms with Gasteiger partial charge in [0.25, 0.3) is 5.91 Å². The highest BCUT2D eigenvalue weighted by molar-refractivity contribution is 6.45. The van der Waals surface area contributed by atoms with E-state index < -0.39 is 29.6 Å². The van der Waals surface area contributed by atoms with Crippen molar-refractivity contribution in [3.63, 3.8) is 0 Å². The number of fused-ring (bicyclic) bond motifs is 1. The van der Waals surface area contributed by atoms with Crippen LogP contribution in [0.2, 0.25) is 0 Å². The summed E-state index contributed by atoms with van der Waals surface area (Å²) in [6.45, 7) is 0.391. The zero-order valence-corrected chi connectivity index (χ0v) is 19.3. The number of hydrogen-bond acceptors (Lipinski definition) is 6. The summed E-state index contributed by atoms with van der Waals surface area (Å²) in [6.07, 6.45) is 2.74. The molecule has 0 fully saturated rings. The Labute approximate surface area is 205 Å². The summed E-state index contributed by atoms with van der Waals surface area (Å²) >= 11 is 0. The monoisotopic (exact) mass is 490 g/mol. The molecule has 0 aliphatic carbocycles. The molecule has 9 nitrogen and oxygen atoms in total. The van der Waals surface area contributed by atoms with E-state index in [4.69, 9.17) is 9.15 Å². The van der Waals surface area contributed by atoms with E-state index in [1.807, 2.05) is 6.07 Å². The first-order chi connectivity index (χ1) is 17.5. The second-order valence-electron chi connectivity index (χ2n) is 7.70. The number of benzene rings is 2. The fraction of sp³-hybridized carbons (Fsp3) is 0.154. The molecule has 36 heavy (non-hydrogen) atoms. The number of halogens is 1. The Balaban J connectivity index is 1.78. The Kier molecular flexibility index (Phi) is 7.66. The van der Waals surface area contributed by atoms with Crippen molar-refractivity contribution in [1.29, 1.82) is 0 Å². The number of rotatable bonds is 8. The van der Waals surface area contributed by atoms with Gasteiger partial charge in [0.05, 0.1) is 36.0 Å². The van der Waals surface area contributed by atoms with Crippen molar-refractivity contribution in [2.75, 3.05) is 30.5 Å². The Hall–Kier alpha value is -4.57. The number of carbonyl (C=O) groups excluding carboxylic acids is 3. The van der Waals surface area contributed by atoms with E-state index in [1.54, 1.807) is 30.3 Å². The van der Waals surface area contributed by atoms with Crippen LogP contribution in [-0.2, 0) is 19.1 Å². The number of methoxy groups -OCH3 is 1. The quantitative estimate of drug-likeness (QED) is 0.289. The Bertz CT molecular complexity index is 1380. The van der Waals surface area contributed by atoms with Gasteiger partial charge in [-0.2, -0.15) is 0 Å². The molecule has 1 unspecified atom stereocenters. The van der Waals surface area contributed by atoms with Crippen LogP contribution in [0.3, 0.4) is 0 Å². The number of amides is 3. The summed E-state index contributed by atoms with van der Waals surface area (Å²) in [6, 6.07) is 16.0. The minimum absolute atomic E-state index is 0.116. The maximum atomic E-state index is 14.2. The number of nitrogens with zero attached hydrogens (tertiary/aromatic N) is 2. The van der Waals surface area contributed by atoms with Crippen molar-refractivity contribution >= 4 is 40.0 Å². The van der Waals surface area contributed by atoms with E-state index in [9.17, 15) is 18.8 Å². The van der Waals surface area contributed by atoms with E-state index in [2.05, 4.69) is 15.6 Å². The molecule has 10 heteroatoms. The first kappa shape index (κ1) is 24.6. The number of para-hydroxylation sites is 2. The molecule has 2 aromatic heterocycles. The number of nitrogens with one attached hydrogen (secondary N) is 2. The molecule has 1 atom stereocenters. The van der Waals surface area contributed by atoms with Gasteiger partial charge in [0.2, 0.25) is 0 Å². The number of ether oxygens (including phenoxy) is 1. The molecule has 184 valence electrons. The molecule has 0 radical (unpaired) electrons. The van der Waals surface area contributed by atoms with Crippen molar-refractivity contribution in [3.05, 3.63) is 90.8 Å². The highest BCUT2D eigenvalue weighted by Crippen LogP contribution is 2.30. The molecule has 0 aliphatic rings. The number of furan rings is 1. The van der Waals surface area contributed by atoms with Crippen molar-refractivity contribution in [3.8, 4) is 0 Å². The van der Waals surface area contributed by atoms with Crippen LogP contribution in [0, 0.1) is 5.82 Å². The first-order valence-electron chi connectivity index (χ1n) is 11.0. The summed E-state index contributed by atoms with van der Waals surface area (Å²) in [4.78, 5) is 45.3. The third kappa shape index (κ3) is 5.39. The standard InChI is InChI=1S/C26H23FN4O5/c1-35-14-12-28-24(32)23(22-11-6-13-36-22)31(18-15-17-7-2-4-9-20(17)29-16-18)26(34)25(33)30-21-10-5-3-8-19(21)27/h2-11,13,15-16,23H,12,14H2,1H3,(H,28,32)(H,30,33). The average Bonchev–Trinajstić information content (AvgIpc) is 3.42. The van der Waals surface area contributed by atoms with Crippen LogP contribution < -0.4 is 15.5 Å². The van der Waals surface area contributed by atoms with Gasteiger partial charge in [0.15, 0.2) is 6.04 Å². The van der Waals surface area contributed by atoms with E-state index in [0.717, 1.165) is 11.0 Å². The van der Waals surface area contributed by atoms with Crippen LogP contribution in [0.5, 0.6) is 0 Å². The van der Waals surface area contributed by atoms with Gasteiger partial charge in [0.1, 0.15) is 11.6 Å². The fourth-order valence-corrected chi connectivity index (χ4v) is 3.62. The number of hydrogen-bond donors (Lipinski definition) is 2. The largest absolute Gasteiger partial charge is 0.467 e. The topological polar surface area (TPSA) is 114 Å². The molecule has 2 N–H and O–H groups in total. The molecule has 0 saturated heterocycles. The predicted octanol–water partition coefficient (Wildman–Crippen LogP) is 3.44. The lowest BCUT2D eigenvalue weighted by molar-refractivity contribution is -0.136. The molecule has 2 aromatic carbocycles. The number of aromatic nitrogens is 1. The van der Waals surface area contributed by atoms with Gasteiger partial charge in [-0.3, -0.25) is 24.3 Å². The molecule has 0 bridgehead atoms. The van der Waals surface area contributed by atoms with E-state index in [0.29, 0.717) is 10.9 Å². The molecular weight excluding hydrogens is 467 g/mol. The lowest BCUT2D eigenvalue weighted by Gasteiger charge is -2.29. The van der Waals surface area contributed by atoms with Gasteiger partial charge < -0.3 is 19.8 Å². The molecular formula is C26H23FN4O5. The van der Waals surface area contributed by atoms with E-state index in [-0.39, 0.29) is 30.3 Å². The second kappa shape index (κ2) is 11.2. The van der Waals surface area contributed by atoms with Crippen LogP contribution in [0.4, 0.5) is 15.8 Å². The maximum Gasteiger partial charge on any atom is 0.317 e. The van der Waals surface area contributed by atoms with Crippen molar-refractivity contribution in [1.82, 2.24) is 10.3 Å². The summed E-state index contributed by atoms with van der Waals surface area (Å²) in [5.41, 5.74) is 0.653. The van der Waals surface area contributed by atoms with Gasteiger partial charge in [-0.1, -0.05) is 30.3 Å². The lowest BCUT2D eigenvalue weighted by Crippen LogP contribution is -2.48. The van der Waals surface area contributed by atoms with Gasteiger partial charge in [-0.05, 0) is 36.4 Å². The first-order valence-corrected chi connectivity index (χ1v) is 11.0. The molecule has 0 spiro atoms. The Morgan fingerprint density at radius 3 is 2.61 bits per heavy atom. The number of carbonyl (C=O) groups is 3. The molecule has 4 aromatic rings. The van der Waals surface area contributed by atoms with Crippen molar-refractivity contribution in [2.45, 2.75) is 6.04 Å². The zero-order chi connectivity index (χ0) is 25.5. The third-order valence-corrected chi connectivity index (χ3v) is 5.31. The highest BCUT2D eigenvalue weighted by Gasteiger charge is 2.38. The van der Waals surface area contributed by atoms with E-state index in [1.165, 1.54) is 43.8 Å². The molecule has 4 rings (SSSR count). The smallest absolute Gasteiger partial charge is 0.317 e. The highest BCUT2D eigenvalue weighted by atomic mass is 19.1. The van der Waals surface area contributed by atoms with Crippen LogP contribution in [0.25, 0.3) is 10.9 Å². The van der Waals surface area contributed by atoms with Gasteiger partial charge >= 0.3 is 11.8 Å². The minimum Gasteiger partial charge on any atom is -0.467 e. The van der Waals surface area contributed by atoms with Crippen molar-refractivity contribution < 1.29 is 27.9 Å². The summed E-state index contributed by atoms with van der Waals surface area (Å²) in [5, 5.41) is 5.64. The SMILES string of the molecule is COCCNC(=O)C(c1ccco1)N(C(=O)C(=O)Nc1ccccc1F)c1cnc2ccccc2c1. The third-order valence-electron chi connectivity index (χ3n) is 5.31.